The molecule has 0 bridgehead atoms. The van der Waals surface area contributed by atoms with E-state index in [1.165, 1.54) is 24.3 Å². The lowest BCUT2D eigenvalue weighted by atomic mass is 10.1. The number of nitrogens with zero attached hydrogens (tertiary/aromatic N) is 1. The molecule has 2 rings (SSSR count). The van der Waals surface area contributed by atoms with Crippen LogP contribution in [-0.2, 0) is 6.18 Å². The van der Waals surface area contributed by atoms with Crippen LogP contribution >= 0.6 is 11.8 Å². The second-order valence-electron chi connectivity index (χ2n) is 3.89. The fraction of sp³-hybridized carbons (Fsp3) is 0.167. The van der Waals surface area contributed by atoms with E-state index in [0.717, 1.165) is 0 Å². The van der Waals surface area contributed by atoms with Crippen molar-refractivity contribution in [1.82, 2.24) is 9.97 Å². The van der Waals surface area contributed by atoms with Crippen molar-refractivity contribution < 1.29 is 22.0 Å². The number of alkyl halides is 5. The predicted molar refractivity (Wildman–Crippen MR) is 67.2 cm³/mol. The molecule has 1 aromatic carbocycles. The molecule has 0 amide bonds. The number of rotatable bonds is 3. The number of hydrogen-bond acceptors (Lipinski definition) is 3. The molecule has 0 aliphatic rings. The van der Waals surface area contributed by atoms with Crippen LogP contribution in [0.4, 0.5) is 22.0 Å². The fourth-order valence-electron chi connectivity index (χ4n) is 1.57. The Morgan fingerprint density at radius 2 is 1.76 bits per heavy atom. The van der Waals surface area contributed by atoms with Gasteiger partial charge in [-0.2, -0.15) is 26.9 Å². The van der Waals surface area contributed by atoms with Crippen molar-refractivity contribution in [2.24, 2.45) is 0 Å². The van der Waals surface area contributed by atoms with Gasteiger partial charge in [0.15, 0.2) is 0 Å². The zero-order valence-electron chi connectivity index (χ0n) is 10.1. The second kappa shape index (κ2) is 5.84. The Morgan fingerprint density at radius 1 is 1.14 bits per heavy atom. The van der Waals surface area contributed by atoms with Crippen LogP contribution in [0.3, 0.4) is 0 Å². The zero-order valence-corrected chi connectivity index (χ0v) is 10.9. The fourth-order valence-corrected chi connectivity index (χ4v) is 2.06. The summed E-state index contributed by atoms with van der Waals surface area (Å²) in [6.07, 6.45) is -4.71. The molecule has 0 aliphatic heterocycles. The van der Waals surface area contributed by atoms with Gasteiger partial charge in [-0.1, -0.05) is 23.9 Å². The van der Waals surface area contributed by atoms with Gasteiger partial charge < -0.3 is 4.98 Å². The summed E-state index contributed by atoms with van der Waals surface area (Å²) in [5.74, 6) is -2.59. The third-order valence-corrected chi connectivity index (χ3v) is 3.15. The van der Waals surface area contributed by atoms with Crippen LogP contribution < -0.4 is 5.69 Å². The molecule has 1 heterocycles. The molecular formula is C12H7F5N2OS. The van der Waals surface area contributed by atoms with E-state index in [-0.39, 0.29) is 16.2 Å². The van der Waals surface area contributed by atoms with Crippen LogP contribution in [0, 0.1) is 0 Å². The van der Waals surface area contributed by atoms with Crippen LogP contribution in [0.2, 0.25) is 0 Å². The maximum atomic E-state index is 12.6. The Kier molecular flexibility index (Phi) is 4.31. The molecule has 21 heavy (non-hydrogen) atoms. The van der Waals surface area contributed by atoms with Gasteiger partial charge in [0.05, 0.1) is 5.69 Å². The molecule has 0 saturated carbocycles. The van der Waals surface area contributed by atoms with Crippen LogP contribution in [0.5, 0.6) is 0 Å². The summed E-state index contributed by atoms with van der Waals surface area (Å²) >= 11 is 0.311. The summed E-state index contributed by atoms with van der Waals surface area (Å²) in [6.45, 7) is 0. The number of benzene rings is 1. The molecule has 0 aliphatic carbocycles. The first-order chi connectivity index (χ1) is 9.75. The summed E-state index contributed by atoms with van der Waals surface area (Å²) in [4.78, 5) is 16.5. The highest BCUT2D eigenvalue weighted by atomic mass is 32.2. The Bertz CT molecular complexity index is 681. The Balaban J connectivity index is 2.38. The van der Waals surface area contributed by atoms with Gasteiger partial charge in [0.25, 0.3) is 5.76 Å². The first kappa shape index (κ1) is 15.5. The maximum absolute atomic E-state index is 12.6. The topological polar surface area (TPSA) is 45.8 Å². The molecule has 3 nitrogen and oxygen atoms in total. The molecule has 9 heteroatoms. The van der Waals surface area contributed by atoms with Gasteiger partial charge in [-0.05, 0) is 18.2 Å². The van der Waals surface area contributed by atoms with E-state index < -0.39 is 23.3 Å². The zero-order chi connectivity index (χ0) is 15.6. The van der Waals surface area contributed by atoms with E-state index in [9.17, 15) is 26.7 Å². The lowest BCUT2D eigenvalue weighted by molar-refractivity contribution is -0.141. The van der Waals surface area contributed by atoms with Gasteiger partial charge in [-0.25, -0.2) is 4.79 Å². The van der Waals surface area contributed by atoms with E-state index in [0.29, 0.717) is 17.8 Å². The van der Waals surface area contributed by atoms with E-state index in [4.69, 9.17) is 0 Å². The molecule has 0 fully saturated rings. The first-order valence-corrected chi connectivity index (χ1v) is 6.37. The predicted octanol–water partition coefficient (Wildman–Crippen LogP) is 3.77. The van der Waals surface area contributed by atoms with Gasteiger partial charge in [0.1, 0.15) is 5.69 Å². The van der Waals surface area contributed by atoms with Crippen LogP contribution in [0.25, 0.3) is 11.3 Å². The number of halogens is 5. The SMILES string of the molecule is O=c1nc(-c2ccc(SC(F)F)cc2)cc(C(F)(F)F)[nH]1. The number of thioether (sulfide) groups is 1. The minimum Gasteiger partial charge on any atom is -0.302 e. The highest BCUT2D eigenvalue weighted by molar-refractivity contribution is 7.99. The van der Waals surface area contributed by atoms with Crippen molar-refractivity contribution in [3.63, 3.8) is 0 Å². The number of H-pyrrole nitrogens is 1. The van der Waals surface area contributed by atoms with Gasteiger partial charge in [0.2, 0.25) is 0 Å². The highest BCUT2D eigenvalue weighted by Gasteiger charge is 2.32. The molecule has 1 aromatic heterocycles. The van der Waals surface area contributed by atoms with E-state index in [1.807, 2.05) is 0 Å². The molecule has 0 atom stereocenters. The molecule has 1 N–H and O–H groups in total. The quantitative estimate of drug-likeness (QED) is 0.691. The molecular weight excluding hydrogens is 315 g/mol. The lowest BCUT2D eigenvalue weighted by Gasteiger charge is -2.08. The van der Waals surface area contributed by atoms with E-state index in [2.05, 4.69) is 4.98 Å². The molecule has 112 valence electrons. The number of aromatic nitrogens is 2. The normalized spacial score (nSPS) is 11.9. The molecule has 2 aromatic rings. The van der Waals surface area contributed by atoms with Crippen LogP contribution in [0.1, 0.15) is 5.69 Å². The average molecular weight is 322 g/mol. The Morgan fingerprint density at radius 3 is 2.29 bits per heavy atom. The minimum atomic E-state index is -4.71. The van der Waals surface area contributed by atoms with Gasteiger partial charge in [0, 0.05) is 10.5 Å². The number of nitrogens with one attached hydrogen (secondary N) is 1. The second-order valence-corrected chi connectivity index (χ2v) is 4.95. The van der Waals surface area contributed by atoms with Crippen LogP contribution in [0.15, 0.2) is 40.0 Å². The standard InChI is InChI=1S/C12H7F5N2OS/c13-10(14)21-7-3-1-6(2-4-7)8-5-9(12(15,16)17)19-11(20)18-8/h1-5,10H,(H,18,19,20). The smallest absolute Gasteiger partial charge is 0.302 e. The summed E-state index contributed by atoms with van der Waals surface area (Å²) in [6, 6.07) is 5.99. The summed E-state index contributed by atoms with van der Waals surface area (Å²) < 4.78 is 62.1. The summed E-state index contributed by atoms with van der Waals surface area (Å²) in [7, 11) is 0. The molecule has 0 saturated heterocycles. The Labute approximate surface area is 119 Å². The van der Waals surface area contributed by atoms with Crippen LogP contribution in [-0.4, -0.2) is 15.7 Å². The minimum absolute atomic E-state index is 0.181. The maximum Gasteiger partial charge on any atom is 0.431 e. The highest BCUT2D eigenvalue weighted by Crippen LogP contribution is 2.30. The largest absolute Gasteiger partial charge is 0.431 e. The van der Waals surface area contributed by atoms with Gasteiger partial charge in [-0.15, -0.1) is 0 Å². The van der Waals surface area contributed by atoms with Gasteiger partial charge in [-0.3, -0.25) is 0 Å². The number of hydrogen-bond donors (Lipinski definition) is 1. The van der Waals surface area contributed by atoms with E-state index >= 15 is 0 Å². The number of aromatic amines is 1. The first-order valence-electron chi connectivity index (χ1n) is 5.49. The summed E-state index contributed by atoms with van der Waals surface area (Å²) in [5.41, 5.74) is -2.31. The average Bonchev–Trinajstić information content (AvgIpc) is 2.37. The Hall–Kier alpha value is -1.90. The lowest BCUT2D eigenvalue weighted by Crippen LogP contribution is -2.19. The third-order valence-electron chi connectivity index (χ3n) is 2.43. The molecule has 0 spiro atoms. The molecule has 0 radical (unpaired) electrons. The monoisotopic (exact) mass is 322 g/mol. The van der Waals surface area contributed by atoms with Crippen molar-refractivity contribution in [2.75, 3.05) is 0 Å². The van der Waals surface area contributed by atoms with Crippen molar-refractivity contribution in [2.45, 2.75) is 16.8 Å². The van der Waals surface area contributed by atoms with Crippen molar-refractivity contribution in [3.05, 3.63) is 46.5 Å². The summed E-state index contributed by atoms with van der Waals surface area (Å²) in [5, 5.41) is 0. The van der Waals surface area contributed by atoms with E-state index in [1.54, 1.807) is 4.98 Å². The van der Waals surface area contributed by atoms with Crippen molar-refractivity contribution in [3.8, 4) is 11.3 Å². The van der Waals surface area contributed by atoms with Crippen molar-refractivity contribution >= 4 is 11.8 Å². The van der Waals surface area contributed by atoms with Gasteiger partial charge >= 0.3 is 11.9 Å². The third kappa shape index (κ3) is 4.03. The molecule has 0 unspecified atom stereocenters. The van der Waals surface area contributed by atoms with Crippen molar-refractivity contribution in [1.29, 1.82) is 0 Å².